The molecule has 0 saturated carbocycles. The van der Waals surface area contributed by atoms with Gasteiger partial charge in [0, 0.05) is 25.3 Å². The van der Waals surface area contributed by atoms with Crippen LogP contribution >= 0.6 is 0 Å². The van der Waals surface area contributed by atoms with E-state index >= 15 is 0 Å². The first-order valence-corrected chi connectivity index (χ1v) is 7.48. The van der Waals surface area contributed by atoms with Crippen LogP contribution in [0.25, 0.3) is 0 Å². The van der Waals surface area contributed by atoms with Crippen molar-refractivity contribution < 1.29 is 13.5 Å². The minimum absolute atomic E-state index is 0.165. The number of methoxy groups -OCH3 is 1. The van der Waals surface area contributed by atoms with E-state index in [0.29, 0.717) is 11.5 Å². The third-order valence-electron chi connectivity index (χ3n) is 4.21. The molecule has 0 aliphatic carbocycles. The third-order valence-corrected chi connectivity index (χ3v) is 4.21. The lowest BCUT2D eigenvalue weighted by Crippen LogP contribution is -2.28. The minimum Gasteiger partial charge on any atom is -0.384 e. The summed E-state index contributed by atoms with van der Waals surface area (Å²) in [4.78, 5) is 2.37. The Balaban J connectivity index is 1.90. The summed E-state index contributed by atoms with van der Waals surface area (Å²) in [6.45, 7) is 3.75. The predicted octanol–water partition coefficient (Wildman–Crippen LogP) is 2.58. The van der Waals surface area contributed by atoms with Gasteiger partial charge >= 0.3 is 0 Å². The Hall–Kier alpha value is -1.04. The number of nitrogens with one attached hydrogen (secondary N) is 1. The number of rotatable bonds is 7. The molecule has 0 radical (unpaired) electrons. The number of benzene rings is 1. The normalized spacial score (nSPS) is 20.9. The van der Waals surface area contributed by atoms with Gasteiger partial charge in [-0.25, -0.2) is 8.78 Å². The van der Waals surface area contributed by atoms with E-state index in [4.69, 9.17) is 4.74 Å². The Bertz CT molecular complexity index is 456. The molecular formula is C16H24F2N2O. The highest BCUT2D eigenvalue weighted by Gasteiger charge is 2.24. The van der Waals surface area contributed by atoms with E-state index in [-0.39, 0.29) is 6.04 Å². The number of ether oxygens (including phenoxy) is 1. The molecule has 1 aliphatic heterocycles. The molecule has 2 atom stereocenters. The molecule has 0 spiro atoms. The van der Waals surface area contributed by atoms with E-state index in [0.717, 1.165) is 45.1 Å². The largest absolute Gasteiger partial charge is 0.384 e. The summed E-state index contributed by atoms with van der Waals surface area (Å²) in [5.74, 6) is -0.932. The molecule has 21 heavy (non-hydrogen) atoms. The van der Waals surface area contributed by atoms with Crippen molar-refractivity contribution in [1.29, 1.82) is 0 Å². The third kappa shape index (κ3) is 4.22. The summed E-state index contributed by atoms with van der Waals surface area (Å²) in [7, 11) is 3.51. The van der Waals surface area contributed by atoms with Gasteiger partial charge in [-0.05, 0) is 45.0 Å². The standard InChI is InChI=1S/C16H24F2N2O/c1-19-15(13-4-3-5-14(17)16(13)18)7-9-20-8-6-12(10-20)11-21-2/h3-5,12,15,19H,6-11H2,1-2H3. The van der Waals surface area contributed by atoms with Crippen molar-refractivity contribution >= 4 is 0 Å². The van der Waals surface area contributed by atoms with Crippen molar-refractivity contribution in [2.75, 3.05) is 40.4 Å². The molecule has 1 saturated heterocycles. The predicted molar refractivity (Wildman–Crippen MR) is 79.2 cm³/mol. The maximum absolute atomic E-state index is 13.9. The number of halogens is 2. The monoisotopic (exact) mass is 298 g/mol. The molecule has 1 aromatic carbocycles. The maximum atomic E-state index is 13.9. The number of likely N-dealkylation sites (tertiary alicyclic amines) is 1. The molecule has 0 aromatic heterocycles. The highest BCUT2D eigenvalue weighted by atomic mass is 19.2. The van der Waals surface area contributed by atoms with Crippen LogP contribution in [0.15, 0.2) is 18.2 Å². The van der Waals surface area contributed by atoms with Crippen LogP contribution in [0, 0.1) is 17.6 Å². The lowest BCUT2D eigenvalue weighted by Gasteiger charge is -2.22. The van der Waals surface area contributed by atoms with Crippen LogP contribution in [0.5, 0.6) is 0 Å². The second kappa shape index (κ2) is 7.82. The summed E-state index contributed by atoms with van der Waals surface area (Å²) in [6, 6.07) is 4.20. The average Bonchev–Trinajstić information content (AvgIpc) is 2.92. The van der Waals surface area contributed by atoms with Gasteiger partial charge in [0.2, 0.25) is 0 Å². The van der Waals surface area contributed by atoms with Crippen LogP contribution in [-0.4, -0.2) is 45.3 Å². The Morgan fingerprint density at radius 3 is 2.95 bits per heavy atom. The van der Waals surface area contributed by atoms with Crippen molar-refractivity contribution in [2.24, 2.45) is 5.92 Å². The molecule has 0 bridgehead atoms. The van der Waals surface area contributed by atoms with Crippen molar-refractivity contribution in [3.8, 4) is 0 Å². The molecule has 2 rings (SSSR count). The van der Waals surface area contributed by atoms with Crippen LogP contribution in [0.3, 0.4) is 0 Å². The van der Waals surface area contributed by atoms with E-state index in [2.05, 4.69) is 10.2 Å². The fraction of sp³-hybridized carbons (Fsp3) is 0.625. The first-order chi connectivity index (χ1) is 10.2. The highest BCUT2D eigenvalue weighted by molar-refractivity contribution is 5.22. The number of hydrogen-bond donors (Lipinski definition) is 1. The van der Waals surface area contributed by atoms with E-state index in [1.807, 2.05) is 0 Å². The average molecular weight is 298 g/mol. The first kappa shape index (κ1) is 16.3. The lowest BCUT2D eigenvalue weighted by molar-refractivity contribution is 0.152. The van der Waals surface area contributed by atoms with Crippen LogP contribution in [0.2, 0.25) is 0 Å². The van der Waals surface area contributed by atoms with Crippen LogP contribution < -0.4 is 5.32 Å². The van der Waals surface area contributed by atoms with E-state index in [9.17, 15) is 8.78 Å². The second-order valence-electron chi connectivity index (χ2n) is 5.68. The zero-order valence-corrected chi connectivity index (χ0v) is 12.7. The molecule has 1 N–H and O–H groups in total. The molecule has 1 heterocycles. The quantitative estimate of drug-likeness (QED) is 0.837. The van der Waals surface area contributed by atoms with Crippen molar-refractivity contribution in [3.05, 3.63) is 35.4 Å². The second-order valence-corrected chi connectivity index (χ2v) is 5.68. The van der Waals surface area contributed by atoms with Crippen molar-refractivity contribution in [1.82, 2.24) is 10.2 Å². The summed E-state index contributed by atoms with van der Waals surface area (Å²) in [5.41, 5.74) is 0.408. The van der Waals surface area contributed by atoms with Crippen LogP contribution in [0.1, 0.15) is 24.4 Å². The Labute approximate surface area is 125 Å². The van der Waals surface area contributed by atoms with Gasteiger partial charge in [0.1, 0.15) is 0 Å². The molecular weight excluding hydrogens is 274 g/mol. The fourth-order valence-electron chi connectivity index (χ4n) is 3.04. The molecule has 1 aromatic rings. The summed E-state index contributed by atoms with van der Waals surface area (Å²) in [6.07, 6.45) is 1.91. The molecule has 0 amide bonds. The molecule has 2 unspecified atom stereocenters. The topological polar surface area (TPSA) is 24.5 Å². The molecule has 5 heteroatoms. The lowest BCUT2D eigenvalue weighted by atomic mass is 10.0. The number of hydrogen-bond acceptors (Lipinski definition) is 3. The maximum Gasteiger partial charge on any atom is 0.163 e. The molecule has 3 nitrogen and oxygen atoms in total. The van der Waals surface area contributed by atoms with Gasteiger partial charge in [-0.3, -0.25) is 0 Å². The molecule has 1 aliphatic rings. The summed E-state index contributed by atoms with van der Waals surface area (Å²) >= 11 is 0. The van der Waals surface area contributed by atoms with Gasteiger partial charge in [-0.1, -0.05) is 12.1 Å². The van der Waals surface area contributed by atoms with Gasteiger partial charge in [0.05, 0.1) is 6.61 Å². The van der Waals surface area contributed by atoms with E-state index in [1.165, 1.54) is 0 Å². The summed E-state index contributed by atoms with van der Waals surface area (Å²) < 4.78 is 32.4. The van der Waals surface area contributed by atoms with Crippen LogP contribution in [-0.2, 0) is 4.74 Å². The highest BCUT2D eigenvalue weighted by Crippen LogP contribution is 2.23. The van der Waals surface area contributed by atoms with Gasteiger partial charge in [-0.15, -0.1) is 0 Å². The summed E-state index contributed by atoms with van der Waals surface area (Å²) in [5, 5.41) is 3.09. The minimum atomic E-state index is -0.783. The SMILES string of the molecule is CNC(CCN1CCC(COC)C1)c1cccc(F)c1F. The fourth-order valence-corrected chi connectivity index (χ4v) is 3.04. The first-order valence-electron chi connectivity index (χ1n) is 7.48. The smallest absolute Gasteiger partial charge is 0.163 e. The van der Waals surface area contributed by atoms with Gasteiger partial charge in [0.15, 0.2) is 11.6 Å². The zero-order chi connectivity index (χ0) is 15.2. The Kier molecular flexibility index (Phi) is 6.08. The van der Waals surface area contributed by atoms with Gasteiger partial charge in [0.25, 0.3) is 0 Å². The molecule has 118 valence electrons. The number of nitrogens with zero attached hydrogens (tertiary/aromatic N) is 1. The Morgan fingerprint density at radius 1 is 1.43 bits per heavy atom. The zero-order valence-electron chi connectivity index (χ0n) is 12.7. The van der Waals surface area contributed by atoms with E-state index < -0.39 is 11.6 Å². The van der Waals surface area contributed by atoms with Crippen LogP contribution in [0.4, 0.5) is 8.78 Å². The van der Waals surface area contributed by atoms with Gasteiger partial charge in [-0.2, -0.15) is 0 Å². The van der Waals surface area contributed by atoms with Crippen molar-refractivity contribution in [3.63, 3.8) is 0 Å². The molecule has 1 fully saturated rings. The Morgan fingerprint density at radius 2 is 2.24 bits per heavy atom. The van der Waals surface area contributed by atoms with E-state index in [1.54, 1.807) is 26.3 Å². The van der Waals surface area contributed by atoms with Gasteiger partial charge < -0.3 is 15.0 Å². The van der Waals surface area contributed by atoms with Crippen molar-refractivity contribution in [2.45, 2.75) is 18.9 Å².